The molecular weight excluding hydrogens is 252 g/mol. The predicted molar refractivity (Wildman–Crippen MR) is 92.2 cm³/mol. The summed E-state index contributed by atoms with van der Waals surface area (Å²) in [6.45, 7) is 4.82. The maximum atomic E-state index is 2.46. The van der Waals surface area contributed by atoms with Gasteiger partial charge >= 0.3 is 0 Å². The first-order valence-corrected chi connectivity index (χ1v) is 9.40. The van der Waals surface area contributed by atoms with Gasteiger partial charge in [-0.25, -0.2) is 0 Å². The van der Waals surface area contributed by atoms with Gasteiger partial charge in [-0.1, -0.05) is 70.6 Å². The lowest BCUT2D eigenvalue weighted by molar-refractivity contribution is 0.429. The Morgan fingerprint density at radius 3 is 1.52 bits per heavy atom. The fraction of sp³-hybridized carbons (Fsp3) is 0.714. The summed E-state index contributed by atoms with van der Waals surface area (Å²) in [7, 11) is 0. The minimum atomic E-state index is 0.681. The molecule has 0 saturated heterocycles. The van der Waals surface area contributed by atoms with Gasteiger partial charge in [-0.05, 0) is 60.1 Å². The standard InChI is InChI=1S/C21H32/c1-16(2)21-19(17-10-5-3-6-11-17)14-9-15-20(21)18-12-7-4-8-13-18/h9,14-18H,3-8,10-13H2,1-2H3. The summed E-state index contributed by atoms with van der Waals surface area (Å²) in [4.78, 5) is 0. The maximum Gasteiger partial charge on any atom is -0.0159 e. The quantitative estimate of drug-likeness (QED) is 0.566. The molecule has 2 fully saturated rings. The van der Waals surface area contributed by atoms with Crippen molar-refractivity contribution in [3.05, 3.63) is 34.9 Å². The Kier molecular flexibility index (Phi) is 5.03. The molecule has 116 valence electrons. The minimum Gasteiger partial charge on any atom is -0.0617 e. The van der Waals surface area contributed by atoms with Crippen molar-refractivity contribution in [3.63, 3.8) is 0 Å². The van der Waals surface area contributed by atoms with Crippen molar-refractivity contribution in [2.75, 3.05) is 0 Å². The maximum absolute atomic E-state index is 2.46. The van der Waals surface area contributed by atoms with Gasteiger partial charge in [-0.15, -0.1) is 0 Å². The number of benzene rings is 1. The molecule has 3 rings (SSSR count). The molecule has 0 heterocycles. The molecule has 0 radical (unpaired) electrons. The van der Waals surface area contributed by atoms with Gasteiger partial charge < -0.3 is 0 Å². The van der Waals surface area contributed by atoms with Crippen LogP contribution in [0.25, 0.3) is 0 Å². The minimum absolute atomic E-state index is 0.681. The molecule has 0 bridgehead atoms. The van der Waals surface area contributed by atoms with Gasteiger partial charge in [0.1, 0.15) is 0 Å². The SMILES string of the molecule is CC(C)c1c(C2CCCCC2)cccc1C1CCCCC1. The normalized spacial score (nSPS) is 21.9. The van der Waals surface area contributed by atoms with Crippen LogP contribution in [0.15, 0.2) is 18.2 Å². The molecule has 0 spiro atoms. The van der Waals surface area contributed by atoms with Crippen molar-refractivity contribution >= 4 is 0 Å². The molecule has 0 amide bonds. The Labute approximate surface area is 131 Å². The lowest BCUT2D eigenvalue weighted by Crippen LogP contribution is -2.13. The van der Waals surface area contributed by atoms with Crippen LogP contribution in [0.2, 0.25) is 0 Å². The lowest BCUT2D eigenvalue weighted by atomic mass is 9.74. The second kappa shape index (κ2) is 6.99. The Hall–Kier alpha value is -0.780. The molecular formula is C21H32. The van der Waals surface area contributed by atoms with Gasteiger partial charge in [0.15, 0.2) is 0 Å². The summed E-state index contributed by atoms with van der Waals surface area (Å²) in [5.41, 5.74) is 5.16. The van der Waals surface area contributed by atoms with Crippen molar-refractivity contribution in [3.8, 4) is 0 Å². The van der Waals surface area contributed by atoms with Crippen molar-refractivity contribution in [2.45, 2.75) is 95.8 Å². The first-order chi connectivity index (χ1) is 10.3. The predicted octanol–water partition coefficient (Wildman–Crippen LogP) is 6.91. The fourth-order valence-corrected chi connectivity index (χ4v) is 4.81. The molecule has 0 nitrogen and oxygen atoms in total. The summed E-state index contributed by atoms with van der Waals surface area (Å²) < 4.78 is 0. The van der Waals surface area contributed by atoms with Gasteiger partial charge in [-0.2, -0.15) is 0 Å². The summed E-state index contributed by atoms with van der Waals surface area (Å²) in [6.07, 6.45) is 14.4. The number of hydrogen-bond acceptors (Lipinski definition) is 0. The average Bonchev–Trinajstić information content (AvgIpc) is 2.55. The highest BCUT2D eigenvalue weighted by atomic mass is 14.3. The summed E-state index contributed by atoms with van der Waals surface area (Å²) >= 11 is 0. The Bertz CT molecular complexity index is 409. The third kappa shape index (κ3) is 3.35. The fourth-order valence-electron chi connectivity index (χ4n) is 4.81. The van der Waals surface area contributed by atoms with Gasteiger partial charge in [0.25, 0.3) is 0 Å². The highest BCUT2D eigenvalue weighted by Crippen LogP contribution is 2.42. The molecule has 0 aliphatic heterocycles. The Morgan fingerprint density at radius 1 is 0.714 bits per heavy atom. The highest BCUT2D eigenvalue weighted by Gasteiger charge is 2.25. The van der Waals surface area contributed by atoms with E-state index in [1.807, 2.05) is 0 Å². The van der Waals surface area contributed by atoms with E-state index in [9.17, 15) is 0 Å². The molecule has 0 aromatic heterocycles. The molecule has 2 aliphatic carbocycles. The highest BCUT2D eigenvalue weighted by molar-refractivity contribution is 5.42. The van der Waals surface area contributed by atoms with E-state index in [2.05, 4.69) is 32.0 Å². The molecule has 2 aliphatic rings. The van der Waals surface area contributed by atoms with Gasteiger partial charge in [0, 0.05) is 0 Å². The van der Waals surface area contributed by atoms with Gasteiger partial charge in [-0.3, -0.25) is 0 Å². The Morgan fingerprint density at radius 2 is 1.14 bits per heavy atom. The van der Waals surface area contributed by atoms with Crippen molar-refractivity contribution in [1.29, 1.82) is 0 Å². The van der Waals surface area contributed by atoms with Gasteiger partial charge in [0.05, 0.1) is 0 Å². The van der Waals surface area contributed by atoms with Gasteiger partial charge in [0.2, 0.25) is 0 Å². The third-order valence-electron chi connectivity index (χ3n) is 5.84. The van der Waals surface area contributed by atoms with Crippen LogP contribution in [0.5, 0.6) is 0 Å². The third-order valence-corrected chi connectivity index (χ3v) is 5.84. The number of rotatable bonds is 3. The molecule has 0 atom stereocenters. The van der Waals surface area contributed by atoms with Crippen LogP contribution < -0.4 is 0 Å². The molecule has 1 aromatic carbocycles. The van der Waals surface area contributed by atoms with Crippen molar-refractivity contribution in [2.24, 2.45) is 0 Å². The van der Waals surface area contributed by atoms with E-state index in [1.165, 1.54) is 64.2 Å². The van der Waals surface area contributed by atoms with Crippen molar-refractivity contribution in [1.82, 2.24) is 0 Å². The Balaban J connectivity index is 1.95. The van der Waals surface area contributed by atoms with Crippen LogP contribution in [-0.4, -0.2) is 0 Å². The number of hydrogen-bond donors (Lipinski definition) is 0. The van der Waals surface area contributed by atoms with E-state index in [4.69, 9.17) is 0 Å². The monoisotopic (exact) mass is 284 g/mol. The van der Waals surface area contributed by atoms with Crippen LogP contribution in [-0.2, 0) is 0 Å². The molecule has 0 unspecified atom stereocenters. The van der Waals surface area contributed by atoms with Crippen LogP contribution in [0.4, 0.5) is 0 Å². The summed E-state index contributed by atoms with van der Waals surface area (Å²) in [5.74, 6) is 2.37. The average molecular weight is 284 g/mol. The molecule has 21 heavy (non-hydrogen) atoms. The second-order valence-electron chi connectivity index (χ2n) is 7.67. The largest absolute Gasteiger partial charge is 0.0617 e. The zero-order valence-corrected chi connectivity index (χ0v) is 14.0. The van der Waals surface area contributed by atoms with Crippen LogP contribution in [0, 0.1) is 0 Å². The lowest BCUT2D eigenvalue weighted by Gasteiger charge is -2.31. The molecule has 0 heteroatoms. The zero-order valence-electron chi connectivity index (χ0n) is 14.0. The van der Waals surface area contributed by atoms with Crippen LogP contribution >= 0.6 is 0 Å². The van der Waals surface area contributed by atoms with Crippen LogP contribution in [0.1, 0.15) is 112 Å². The van der Waals surface area contributed by atoms with Crippen LogP contribution in [0.3, 0.4) is 0 Å². The topological polar surface area (TPSA) is 0 Å². The second-order valence-corrected chi connectivity index (χ2v) is 7.67. The van der Waals surface area contributed by atoms with E-state index in [0.717, 1.165) is 11.8 Å². The van der Waals surface area contributed by atoms with E-state index >= 15 is 0 Å². The first-order valence-electron chi connectivity index (χ1n) is 9.40. The van der Waals surface area contributed by atoms with Crippen molar-refractivity contribution < 1.29 is 0 Å². The molecule has 0 N–H and O–H groups in total. The molecule has 2 saturated carbocycles. The molecule has 1 aromatic rings. The summed E-state index contributed by atoms with van der Waals surface area (Å²) in [5, 5.41) is 0. The van der Waals surface area contributed by atoms with E-state index in [0.29, 0.717) is 5.92 Å². The zero-order chi connectivity index (χ0) is 14.7. The summed E-state index contributed by atoms with van der Waals surface area (Å²) in [6, 6.07) is 7.27. The first kappa shape index (κ1) is 15.1. The van der Waals surface area contributed by atoms with E-state index < -0.39 is 0 Å². The van der Waals surface area contributed by atoms with E-state index in [1.54, 1.807) is 16.7 Å². The smallest absolute Gasteiger partial charge is 0.0159 e. The van der Waals surface area contributed by atoms with E-state index in [-0.39, 0.29) is 0 Å².